The van der Waals surface area contributed by atoms with Crippen LogP contribution in [0.3, 0.4) is 0 Å². The van der Waals surface area contributed by atoms with Gasteiger partial charge in [-0.2, -0.15) is 0 Å². The molecule has 0 heteroatoms. The Labute approximate surface area is 92.1 Å². The van der Waals surface area contributed by atoms with Gasteiger partial charge in [0.25, 0.3) is 0 Å². The first-order valence-corrected chi connectivity index (χ1v) is 6.14. The maximum atomic E-state index is 2.44. The highest BCUT2D eigenvalue weighted by Crippen LogP contribution is 2.50. The van der Waals surface area contributed by atoms with E-state index in [4.69, 9.17) is 0 Å². The molecule has 0 saturated heterocycles. The molecule has 0 bridgehead atoms. The molecular weight excluding hydrogens is 180 g/mol. The summed E-state index contributed by atoms with van der Waals surface area (Å²) in [6, 6.07) is 0. The Morgan fingerprint density at radius 3 is 1.80 bits per heavy atom. The third kappa shape index (κ3) is 1.35. The molecule has 1 saturated carbocycles. The van der Waals surface area contributed by atoms with Crippen molar-refractivity contribution in [2.45, 2.75) is 25.7 Å². The van der Waals surface area contributed by atoms with Crippen LogP contribution in [0.4, 0.5) is 0 Å². The molecule has 0 radical (unpaired) electrons. The predicted molar refractivity (Wildman–Crippen MR) is 64.4 cm³/mol. The van der Waals surface area contributed by atoms with Gasteiger partial charge in [-0.3, -0.25) is 0 Å². The molecule has 2 atom stereocenters. The lowest BCUT2D eigenvalue weighted by molar-refractivity contribution is 0.263. The molecule has 3 aliphatic rings. The molecule has 1 spiro atoms. The Hall–Kier alpha value is -1.04. The zero-order chi connectivity index (χ0) is 10.1. The van der Waals surface area contributed by atoms with E-state index in [1.165, 1.54) is 25.7 Å². The average Bonchev–Trinajstić information content (AvgIpc) is 2.47. The summed E-state index contributed by atoms with van der Waals surface area (Å²) < 4.78 is 0. The minimum Gasteiger partial charge on any atom is -0.0802 e. The molecule has 15 heavy (non-hydrogen) atoms. The minimum atomic E-state index is 0.319. The van der Waals surface area contributed by atoms with Crippen LogP contribution in [0.5, 0.6) is 0 Å². The monoisotopic (exact) mass is 198 g/mol. The van der Waals surface area contributed by atoms with Gasteiger partial charge in [0.1, 0.15) is 0 Å². The van der Waals surface area contributed by atoms with Crippen molar-refractivity contribution in [3.05, 3.63) is 48.6 Å². The summed E-state index contributed by atoms with van der Waals surface area (Å²) in [5.74, 6) is 1.47. The summed E-state index contributed by atoms with van der Waals surface area (Å²) >= 11 is 0. The molecule has 0 N–H and O–H groups in total. The van der Waals surface area contributed by atoms with E-state index in [0.717, 1.165) is 11.8 Å². The van der Waals surface area contributed by atoms with Crippen LogP contribution >= 0.6 is 0 Å². The van der Waals surface area contributed by atoms with Gasteiger partial charge in [0, 0.05) is 5.41 Å². The molecule has 3 rings (SSSR count). The predicted octanol–water partition coefficient (Wildman–Crippen LogP) is 4.03. The Kier molecular flexibility index (Phi) is 2.16. The van der Waals surface area contributed by atoms with Gasteiger partial charge in [0.05, 0.1) is 0 Å². The van der Waals surface area contributed by atoms with E-state index in [-0.39, 0.29) is 0 Å². The molecule has 0 aliphatic heterocycles. The summed E-state index contributed by atoms with van der Waals surface area (Å²) in [6.07, 6.45) is 24.1. The summed E-state index contributed by atoms with van der Waals surface area (Å²) in [7, 11) is 0. The third-order valence-electron chi connectivity index (χ3n) is 4.24. The van der Waals surface area contributed by atoms with Gasteiger partial charge in [-0.1, -0.05) is 61.4 Å². The smallest absolute Gasteiger partial charge is 0.0193 e. The fraction of sp³-hybridized carbons (Fsp3) is 0.467. The highest BCUT2D eigenvalue weighted by Gasteiger charge is 2.41. The van der Waals surface area contributed by atoms with Crippen molar-refractivity contribution in [2.75, 3.05) is 0 Å². The number of hydrogen-bond donors (Lipinski definition) is 0. The molecule has 0 aromatic carbocycles. The molecule has 1 fully saturated rings. The van der Waals surface area contributed by atoms with Crippen molar-refractivity contribution in [1.29, 1.82) is 0 Å². The van der Waals surface area contributed by atoms with Gasteiger partial charge < -0.3 is 0 Å². The summed E-state index contributed by atoms with van der Waals surface area (Å²) in [6.45, 7) is 0. The van der Waals surface area contributed by atoms with Gasteiger partial charge in [0.2, 0.25) is 0 Å². The number of rotatable bonds is 0. The van der Waals surface area contributed by atoms with Gasteiger partial charge in [0.15, 0.2) is 0 Å². The molecule has 3 aliphatic carbocycles. The molecule has 2 unspecified atom stereocenters. The van der Waals surface area contributed by atoms with Crippen molar-refractivity contribution in [3.63, 3.8) is 0 Å². The second-order valence-electron chi connectivity index (χ2n) is 4.99. The highest BCUT2D eigenvalue weighted by molar-refractivity contribution is 5.33. The Morgan fingerprint density at radius 1 is 0.733 bits per heavy atom. The number of allylic oxidation sites excluding steroid dienone is 8. The standard InChI is InChI=1S/C15H18/c1-2-8-14-10-4-6-12-15(14)11-5-3-9-13(15)7-1/h3-6,9-14H,1-2,7-8H2. The van der Waals surface area contributed by atoms with Gasteiger partial charge in [-0.15, -0.1) is 0 Å². The van der Waals surface area contributed by atoms with Crippen molar-refractivity contribution in [3.8, 4) is 0 Å². The zero-order valence-electron chi connectivity index (χ0n) is 9.10. The fourth-order valence-corrected chi connectivity index (χ4v) is 3.42. The van der Waals surface area contributed by atoms with Crippen molar-refractivity contribution < 1.29 is 0 Å². The van der Waals surface area contributed by atoms with Crippen molar-refractivity contribution in [1.82, 2.24) is 0 Å². The van der Waals surface area contributed by atoms with E-state index in [1.54, 1.807) is 0 Å². The first-order chi connectivity index (χ1) is 7.42. The van der Waals surface area contributed by atoms with Crippen LogP contribution < -0.4 is 0 Å². The molecule has 0 heterocycles. The summed E-state index contributed by atoms with van der Waals surface area (Å²) in [5, 5.41) is 0. The zero-order valence-corrected chi connectivity index (χ0v) is 9.10. The molecular formula is C15H18. The van der Waals surface area contributed by atoms with E-state index in [0.29, 0.717) is 5.41 Å². The van der Waals surface area contributed by atoms with Gasteiger partial charge in [-0.25, -0.2) is 0 Å². The van der Waals surface area contributed by atoms with Crippen molar-refractivity contribution >= 4 is 0 Å². The van der Waals surface area contributed by atoms with Crippen LogP contribution in [-0.2, 0) is 0 Å². The molecule has 0 amide bonds. The lowest BCUT2D eigenvalue weighted by Gasteiger charge is -2.41. The highest BCUT2D eigenvalue weighted by atomic mass is 14.4. The summed E-state index contributed by atoms with van der Waals surface area (Å²) in [4.78, 5) is 0. The van der Waals surface area contributed by atoms with Gasteiger partial charge >= 0.3 is 0 Å². The Morgan fingerprint density at radius 2 is 1.27 bits per heavy atom. The van der Waals surface area contributed by atoms with E-state index in [2.05, 4.69) is 48.6 Å². The topological polar surface area (TPSA) is 0 Å². The maximum Gasteiger partial charge on any atom is 0.0193 e. The van der Waals surface area contributed by atoms with Crippen LogP contribution in [0, 0.1) is 17.3 Å². The summed E-state index contributed by atoms with van der Waals surface area (Å²) in [5.41, 5.74) is 0.319. The van der Waals surface area contributed by atoms with Crippen LogP contribution in [0.2, 0.25) is 0 Å². The lowest BCUT2D eigenvalue weighted by atomic mass is 9.62. The first kappa shape index (κ1) is 9.21. The van der Waals surface area contributed by atoms with Crippen LogP contribution in [0.25, 0.3) is 0 Å². The van der Waals surface area contributed by atoms with Crippen LogP contribution in [-0.4, -0.2) is 0 Å². The van der Waals surface area contributed by atoms with E-state index < -0.39 is 0 Å². The SMILES string of the molecule is C1=CC2CCCCC3C=CC=CC23C=C1. The van der Waals surface area contributed by atoms with Crippen molar-refractivity contribution in [2.24, 2.45) is 17.3 Å². The quantitative estimate of drug-likeness (QED) is 0.551. The fourth-order valence-electron chi connectivity index (χ4n) is 3.42. The van der Waals surface area contributed by atoms with Crippen LogP contribution in [0.1, 0.15) is 25.7 Å². The lowest BCUT2D eigenvalue weighted by Crippen LogP contribution is -2.33. The molecule has 0 aromatic heterocycles. The molecule has 0 aromatic rings. The van der Waals surface area contributed by atoms with Crippen LogP contribution in [0.15, 0.2) is 48.6 Å². The second kappa shape index (κ2) is 3.52. The third-order valence-corrected chi connectivity index (χ3v) is 4.24. The molecule has 0 nitrogen and oxygen atoms in total. The maximum absolute atomic E-state index is 2.44. The van der Waals surface area contributed by atoms with E-state index >= 15 is 0 Å². The second-order valence-corrected chi connectivity index (χ2v) is 4.99. The van der Waals surface area contributed by atoms with E-state index in [9.17, 15) is 0 Å². The minimum absolute atomic E-state index is 0.319. The Balaban J connectivity index is 2.05. The number of hydrogen-bond acceptors (Lipinski definition) is 0. The van der Waals surface area contributed by atoms with Gasteiger partial charge in [-0.05, 0) is 24.7 Å². The normalized spacial score (nSPS) is 42.1. The average molecular weight is 198 g/mol. The van der Waals surface area contributed by atoms with E-state index in [1.807, 2.05) is 0 Å². The Bertz CT molecular complexity index is 318. The largest absolute Gasteiger partial charge is 0.0802 e. The molecule has 78 valence electrons. The first-order valence-electron chi connectivity index (χ1n) is 6.14.